The summed E-state index contributed by atoms with van der Waals surface area (Å²) in [5.41, 5.74) is 6.01. The molecular weight excluding hydrogens is 314 g/mol. The Morgan fingerprint density at radius 2 is 2.18 bits per heavy atom. The number of nitrogens with two attached hydrogens (primary N) is 1. The zero-order chi connectivity index (χ0) is 12.4. The van der Waals surface area contributed by atoms with Crippen molar-refractivity contribution in [2.75, 3.05) is 5.73 Å². The Hall–Kier alpha value is -1.21. The number of halogens is 3. The van der Waals surface area contributed by atoms with Gasteiger partial charge in [0.05, 0.1) is 5.69 Å². The van der Waals surface area contributed by atoms with Crippen LogP contribution in [0.5, 0.6) is 5.75 Å². The highest BCUT2D eigenvalue weighted by Gasteiger charge is 2.12. The molecule has 2 rings (SSSR count). The van der Waals surface area contributed by atoms with Gasteiger partial charge in [0.25, 0.3) is 0 Å². The number of anilines is 1. The van der Waals surface area contributed by atoms with Gasteiger partial charge in [0.15, 0.2) is 16.7 Å². The summed E-state index contributed by atoms with van der Waals surface area (Å²) in [4.78, 5) is 3.94. The Bertz CT molecular complexity index is 547. The number of aromatic nitrogens is 1. The number of rotatable bonds is 3. The van der Waals surface area contributed by atoms with E-state index in [1.807, 2.05) is 0 Å². The number of hydrogen-bond acceptors (Lipinski definition) is 4. The lowest BCUT2D eigenvalue weighted by molar-refractivity contribution is 0.281. The van der Waals surface area contributed by atoms with Crippen molar-refractivity contribution in [3.63, 3.8) is 0 Å². The molecule has 1 aromatic carbocycles. The molecule has 2 N–H and O–H groups in total. The van der Waals surface area contributed by atoms with E-state index in [9.17, 15) is 8.78 Å². The Morgan fingerprint density at radius 3 is 2.82 bits per heavy atom. The minimum atomic E-state index is -1.02. The van der Waals surface area contributed by atoms with Crippen LogP contribution in [0.2, 0.25) is 0 Å². The van der Waals surface area contributed by atoms with Crippen LogP contribution >= 0.6 is 27.3 Å². The van der Waals surface area contributed by atoms with Crippen LogP contribution in [0, 0.1) is 11.6 Å². The molecule has 0 fully saturated rings. The standard InChI is InChI=1S/C10H7BrF2N2OS/c11-5-1-7(12)9(13)8(2-5)16-3-6-4-17-10(14)15-6/h1-2,4H,3H2,(H2,14,15). The first kappa shape index (κ1) is 12.3. The van der Waals surface area contributed by atoms with Gasteiger partial charge in [0, 0.05) is 9.85 Å². The van der Waals surface area contributed by atoms with Gasteiger partial charge in [-0.1, -0.05) is 15.9 Å². The zero-order valence-electron chi connectivity index (χ0n) is 8.41. The summed E-state index contributed by atoms with van der Waals surface area (Å²) in [5, 5.41) is 2.10. The fourth-order valence-corrected chi connectivity index (χ4v) is 2.13. The van der Waals surface area contributed by atoms with E-state index < -0.39 is 11.6 Å². The molecule has 3 nitrogen and oxygen atoms in total. The van der Waals surface area contributed by atoms with Crippen LogP contribution in [-0.4, -0.2) is 4.98 Å². The highest BCUT2D eigenvalue weighted by molar-refractivity contribution is 9.10. The van der Waals surface area contributed by atoms with E-state index >= 15 is 0 Å². The molecule has 0 saturated carbocycles. The van der Waals surface area contributed by atoms with Gasteiger partial charge < -0.3 is 10.5 Å². The molecule has 1 aromatic heterocycles. The molecule has 0 saturated heterocycles. The average molecular weight is 321 g/mol. The molecule has 0 unspecified atom stereocenters. The number of benzene rings is 1. The van der Waals surface area contributed by atoms with Crippen molar-refractivity contribution in [3.8, 4) is 5.75 Å². The number of thiazole rings is 1. The second kappa shape index (κ2) is 4.97. The summed E-state index contributed by atoms with van der Waals surface area (Å²) in [6, 6.07) is 2.39. The molecule has 90 valence electrons. The smallest absolute Gasteiger partial charge is 0.200 e. The van der Waals surface area contributed by atoms with Crippen LogP contribution in [0.3, 0.4) is 0 Å². The van der Waals surface area contributed by atoms with Crippen LogP contribution in [0.15, 0.2) is 22.0 Å². The van der Waals surface area contributed by atoms with E-state index in [2.05, 4.69) is 20.9 Å². The molecule has 0 aliphatic carbocycles. The summed E-state index contributed by atoms with van der Waals surface area (Å²) in [6.07, 6.45) is 0. The van der Waals surface area contributed by atoms with Gasteiger partial charge >= 0.3 is 0 Å². The number of hydrogen-bond donors (Lipinski definition) is 1. The van der Waals surface area contributed by atoms with Crippen LogP contribution < -0.4 is 10.5 Å². The number of ether oxygens (including phenoxy) is 1. The molecule has 0 atom stereocenters. The van der Waals surface area contributed by atoms with Crippen LogP contribution in [0.1, 0.15) is 5.69 Å². The van der Waals surface area contributed by atoms with E-state index in [0.29, 0.717) is 15.3 Å². The lowest BCUT2D eigenvalue weighted by Gasteiger charge is -2.06. The highest BCUT2D eigenvalue weighted by Crippen LogP contribution is 2.26. The predicted molar refractivity (Wildman–Crippen MR) is 64.9 cm³/mol. The topological polar surface area (TPSA) is 48.1 Å². The van der Waals surface area contributed by atoms with Crippen molar-refractivity contribution in [1.82, 2.24) is 4.98 Å². The third-order valence-corrected chi connectivity index (χ3v) is 3.09. The fraction of sp³-hybridized carbons (Fsp3) is 0.100. The third-order valence-electron chi connectivity index (χ3n) is 1.90. The number of nitrogens with zero attached hydrogens (tertiary/aromatic N) is 1. The van der Waals surface area contributed by atoms with Gasteiger partial charge in [-0.3, -0.25) is 0 Å². The Kier molecular flexibility index (Phi) is 3.58. The molecule has 0 aliphatic heterocycles. The predicted octanol–water partition coefficient (Wildman–Crippen LogP) is 3.35. The van der Waals surface area contributed by atoms with E-state index in [1.54, 1.807) is 5.38 Å². The maximum Gasteiger partial charge on any atom is 0.200 e. The lowest BCUT2D eigenvalue weighted by atomic mass is 10.3. The maximum absolute atomic E-state index is 13.3. The largest absolute Gasteiger partial charge is 0.484 e. The molecule has 0 bridgehead atoms. The van der Waals surface area contributed by atoms with Gasteiger partial charge in [-0.2, -0.15) is 4.39 Å². The monoisotopic (exact) mass is 320 g/mol. The molecular formula is C10H7BrF2N2OS. The van der Waals surface area contributed by atoms with Gasteiger partial charge in [-0.25, -0.2) is 9.37 Å². The minimum absolute atomic E-state index is 0.0422. The molecule has 0 amide bonds. The zero-order valence-corrected chi connectivity index (χ0v) is 10.8. The summed E-state index contributed by atoms with van der Waals surface area (Å²) >= 11 is 4.32. The number of nitrogen functional groups attached to an aromatic ring is 1. The highest BCUT2D eigenvalue weighted by atomic mass is 79.9. The van der Waals surface area contributed by atoms with Gasteiger partial charge in [-0.15, -0.1) is 11.3 Å². The Morgan fingerprint density at radius 1 is 1.41 bits per heavy atom. The van der Waals surface area contributed by atoms with Crippen molar-refractivity contribution < 1.29 is 13.5 Å². The first-order valence-corrected chi connectivity index (χ1v) is 6.21. The quantitative estimate of drug-likeness (QED) is 0.882. The summed E-state index contributed by atoms with van der Waals surface area (Å²) in [7, 11) is 0. The minimum Gasteiger partial charge on any atom is -0.484 e. The molecule has 0 radical (unpaired) electrons. The van der Waals surface area contributed by atoms with Crippen molar-refractivity contribution in [3.05, 3.63) is 39.3 Å². The van der Waals surface area contributed by atoms with Gasteiger partial charge in [-0.05, 0) is 12.1 Å². The molecule has 17 heavy (non-hydrogen) atoms. The molecule has 0 spiro atoms. The Balaban J connectivity index is 2.14. The Labute approximate surface area is 108 Å². The molecule has 7 heteroatoms. The van der Waals surface area contributed by atoms with Gasteiger partial charge in [0.2, 0.25) is 5.82 Å². The van der Waals surface area contributed by atoms with Crippen molar-refractivity contribution in [2.24, 2.45) is 0 Å². The third kappa shape index (κ3) is 2.92. The lowest BCUT2D eigenvalue weighted by Crippen LogP contribution is -1.99. The first-order valence-electron chi connectivity index (χ1n) is 4.53. The molecule has 0 aliphatic rings. The van der Waals surface area contributed by atoms with Crippen molar-refractivity contribution in [1.29, 1.82) is 0 Å². The SMILES string of the molecule is Nc1nc(COc2cc(Br)cc(F)c2F)cs1. The molecule has 2 aromatic rings. The van der Waals surface area contributed by atoms with Crippen LogP contribution in [-0.2, 0) is 6.61 Å². The van der Waals surface area contributed by atoms with Gasteiger partial charge in [0.1, 0.15) is 6.61 Å². The second-order valence-electron chi connectivity index (χ2n) is 3.17. The maximum atomic E-state index is 13.3. The van der Waals surface area contributed by atoms with Crippen molar-refractivity contribution in [2.45, 2.75) is 6.61 Å². The summed E-state index contributed by atoms with van der Waals surface area (Å²) in [6.45, 7) is 0.0422. The van der Waals surface area contributed by atoms with Crippen LogP contribution in [0.4, 0.5) is 13.9 Å². The normalized spacial score (nSPS) is 10.5. The van der Waals surface area contributed by atoms with E-state index in [4.69, 9.17) is 10.5 Å². The first-order chi connectivity index (χ1) is 8.06. The second-order valence-corrected chi connectivity index (χ2v) is 4.97. The van der Waals surface area contributed by atoms with E-state index in [-0.39, 0.29) is 12.4 Å². The summed E-state index contributed by atoms with van der Waals surface area (Å²) in [5.74, 6) is -2.15. The van der Waals surface area contributed by atoms with E-state index in [0.717, 1.165) is 6.07 Å². The average Bonchev–Trinajstić information content (AvgIpc) is 2.67. The van der Waals surface area contributed by atoms with E-state index in [1.165, 1.54) is 17.4 Å². The van der Waals surface area contributed by atoms with Crippen LogP contribution in [0.25, 0.3) is 0 Å². The molecule has 1 heterocycles. The van der Waals surface area contributed by atoms with Crippen molar-refractivity contribution >= 4 is 32.4 Å². The fourth-order valence-electron chi connectivity index (χ4n) is 1.18. The summed E-state index contributed by atoms with van der Waals surface area (Å²) < 4.78 is 31.9.